The molecule has 0 fully saturated rings. The SMILES string of the molecule is Brc1cc(Br)c(-n2c3ccccc3c3c(N(c4ccccc4)c4ccccc4)cccc32)cc1-n1c2ccccc2c2c(N(c3ccccc3)c3ccccc3)cccc21. The lowest BCUT2D eigenvalue weighted by atomic mass is 10.1. The molecule has 2 heterocycles. The average Bonchev–Trinajstić information content (AvgIpc) is 3.82. The van der Waals surface area contributed by atoms with Gasteiger partial charge in [0.05, 0.1) is 44.8 Å². The summed E-state index contributed by atoms with van der Waals surface area (Å²) in [5.41, 5.74) is 13.2. The first-order valence-electron chi connectivity index (χ1n) is 20.0. The van der Waals surface area contributed by atoms with Crippen LogP contribution in [-0.2, 0) is 0 Å². The number of aromatic nitrogens is 2. The second-order valence-corrected chi connectivity index (χ2v) is 16.5. The Morgan fingerprint density at radius 2 is 0.617 bits per heavy atom. The standard InChI is InChI=1S/C54H36Br2N4/c55-43-35-44(56)52(60-46-30-16-14-28-42(46)54-48(32-18-34-50(54)60)58(39-23-9-3-10-24-39)40-25-11-4-12-26-40)36-51(43)59-45-29-15-13-27-41(45)53-47(31-17-33-49(53)59)57(37-19-5-1-6-20-37)38-21-7-2-8-22-38/h1-36H. The molecule has 0 atom stereocenters. The van der Waals surface area contributed by atoms with Crippen molar-refractivity contribution in [3.63, 3.8) is 0 Å². The van der Waals surface area contributed by atoms with Crippen molar-refractivity contribution in [2.45, 2.75) is 0 Å². The number of fused-ring (bicyclic) bond motifs is 6. The summed E-state index contributed by atoms with van der Waals surface area (Å²) in [6.45, 7) is 0. The Morgan fingerprint density at radius 1 is 0.300 bits per heavy atom. The molecule has 0 aliphatic heterocycles. The molecule has 11 aromatic rings. The van der Waals surface area contributed by atoms with Crippen LogP contribution < -0.4 is 9.80 Å². The van der Waals surface area contributed by atoms with Gasteiger partial charge in [-0.1, -0.05) is 121 Å². The molecule has 0 amide bonds. The van der Waals surface area contributed by atoms with Crippen molar-refractivity contribution >= 4 is 110 Å². The maximum absolute atomic E-state index is 4.06. The minimum Gasteiger partial charge on any atom is -0.310 e. The third-order valence-electron chi connectivity index (χ3n) is 11.4. The molecule has 2 aromatic heterocycles. The lowest BCUT2D eigenvalue weighted by Crippen LogP contribution is -2.10. The fourth-order valence-corrected chi connectivity index (χ4v) is 10.3. The van der Waals surface area contributed by atoms with Crippen LogP contribution >= 0.6 is 31.9 Å². The number of para-hydroxylation sites is 6. The molecule has 0 unspecified atom stereocenters. The summed E-state index contributed by atoms with van der Waals surface area (Å²) < 4.78 is 6.78. The highest BCUT2D eigenvalue weighted by atomic mass is 79.9. The third kappa shape index (κ3) is 5.94. The summed E-state index contributed by atoms with van der Waals surface area (Å²) in [6, 6.07) is 77.9. The lowest BCUT2D eigenvalue weighted by molar-refractivity contribution is 1.12. The summed E-state index contributed by atoms with van der Waals surface area (Å²) in [4.78, 5) is 4.73. The topological polar surface area (TPSA) is 16.3 Å². The zero-order valence-corrected chi connectivity index (χ0v) is 35.5. The highest BCUT2D eigenvalue weighted by Gasteiger charge is 2.25. The molecule has 0 bridgehead atoms. The van der Waals surface area contributed by atoms with Gasteiger partial charge in [-0.05, 0) is 129 Å². The Morgan fingerprint density at radius 3 is 0.983 bits per heavy atom. The second kappa shape index (κ2) is 15.1. The first kappa shape index (κ1) is 36.2. The van der Waals surface area contributed by atoms with E-state index in [1.54, 1.807) is 0 Å². The quantitative estimate of drug-likeness (QED) is 0.151. The third-order valence-corrected chi connectivity index (χ3v) is 12.7. The largest absolute Gasteiger partial charge is 0.310 e. The van der Waals surface area contributed by atoms with Crippen LogP contribution in [0.15, 0.2) is 227 Å². The predicted molar refractivity (Wildman–Crippen MR) is 260 cm³/mol. The number of halogens is 2. The summed E-state index contributed by atoms with van der Waals surface area (Å²) in [5, 5.41) is 4.72. The molecule has 11 rings (SSSR count). The Bertz CT molecular complexity index is 3040. The summed E-state index contributed by atoms with van der Waals surface area (Å²) >= 11 is 8.13. The van der Waals surface area contributed by atoms with Crippen LogP contribution in [-0.4, -0.2) is 9.13 Å². The smallest absolute Gasteiger partial charge is 0.0625 e. The molecule has 0 aliphatic carbocycles. The first-order chi connectivity index (χ1) is 29.7. The highest BCUT2D eigenvalue weighted by Crippen LogP contribution is 2.47. The molecular weight excluding hydrogens is 864 g/mol. The molecule has 0 radical (unpaired) electrons. The van der Waals surface area contributed by atoms with Gasteiger partial charge in [0.15, 0.2) is 0 Å². The van der Waals surface area contributed by atoms with Gasteiger partial charge in [-0.25, -0.2) is 0 Å². The van der Waals surface area contributed by atoms with Gasteiger partial charge in [-0.3, -0.25) is 0 Å². The van der Waals surface area contributed by atoms with Crippen molar-refractivity contribution in [3.05, 3.63) is 227 Å². The molecule has 0 spiro atoms. The minimum absolute atomic E-state index is 0.981. The van der Waals surface area contributed by atoms with E-state index < -0.39 is 0 Å². The number of benzene rings is 9. The van der Waals surface area contributed by atoms with Gasteiger partial charge >= 0.3 is 0 Å². The van der Waals surface area contributed by atoms with Crippen molar-refractivity contribution in [2.75, 3.05) is 9.80 Å². The van der Waals surface area contributed by atoms with E-state index in [4.69, 9.17) is 0 Å². The zero-order valence-electron chi connectivity index (χ0n) is 32.3. The lowest BCUT2D eigenvalue weighted by Gasteiger charge is -2.26. The first-order valence-corrected chi connectivity index (χ1v) is 21.6. The normalized spacial score (nSPS) is 11.5. The van der Waals surface area contributed by atoms with E-state index in [1.165, 1.54) is 21.5 Å². The van der Waals surface area contributed by atoms with Gasteiger partial charge in [0.1, 0.15) is 0 Å². The van der Waals surface area contributed by atoms with Crippen molar-refractivity contribution in [1.82, 2.24) is 9.13 Å². The van der Waals surface area contributed by atoms with Gasteiger partial charge in [0.25, 0.3) is 0 Å². The number of anilines is 6. The van der Waals surface area contributed by atoms with Crippen LogP contribution in [0.3, 0.4) is 0 Å². The number of hydrogen-bond acceptors (Lipinski definition) is 2. The summed E-state index contributed by atoms with van der Waals surface area (Å²) in [5.74, 6) is 0. The maximum atomic E-state index is 4.06. The molecule has 0 aliphatic rings. The zero-order chi connectivity index (χ0) is 40.2. The Balaban J connectivity index is 1.17. The van der Waals surface area contributed by atoms with Crippen LogP contribution in [0.1, 0.15) is 0 Å². The molecule has 60 heavy (non-hydrogen) atoms. The van der Waals surface area contributed by atoms with Gasteiger partial charge < -0.3 is 18.9 Å². The molecule has 286 valence electrons. The molecule has 6 heteroatoms. The predicted octanol–water partition coefficient (Wildman–Crippen LogP) is 16.3. The fraction of sp³-hybridized carbons (Fsp3) is 0. The molecular formula is C54H36Br2N4. The number of nitrogens with zero attached hydrogens (tertiary/aromatic N) is 4. The van der Waals surface area contributed by atoms with Crippen LogP contribution in [0.5, 0.6) is 0 Å². The Hall–Kier alpha value is -6.86. The molecule has 0 saturated carbocycles. The number of hydrogen-bond donors (Lipinski definition) is 0. The van der Waals surface area contributed by atoms with E-state index in [1.807, 2.05) is 0 Å². The van der Waals surface area contributed by atoms with Crippen molar-refractivity contribution in [3.8, 4) is 11.4 Å². The van der Waals surface area contributed by atoms with Gasteiger partial charge in [0.2, 0.25) is 0 Å². The van der Waals surface area contributed by atoms with Gasteiger partial charge in [-0.15, -0.1) is 0 Å². The van der Waals surface area contributed by atoms with Crippen LogP contribution in [0.25, 0.3) is 55.0 Å². The van der Waals surface area contributed by atoms with E-state index in [2.05, 4.69) is 269 Å². The van der Waals surface area contributed by atoms with Crippen molar-refractivity contribution in [1.29, 1.82) is 0 Å². The minimum atomic E-state index is 0.981. The van der Waals surface area contributed by atoms with Gasteiger partial charge in [-0.2, -0.15) is 0 Å². The Kier molecular flexibility index (Phi) is 9.10. The van der Waals surface area contributed by atoms with Gasteiger partial charge in [0, 0.05) is 53.2 Å². The van der Waals surface area contributed by atoms with E-state index in [9.17, 15) is 0 Å². The fourth-order valence-electron chi connectivity index (χ4n) is 8.92. The van der Waals surface area contributed by atoms with E-state index in [0.717, 1.165) is 76.5 Å². The molecule has 4 nitrogen and oxygen atoms in total. The molecule has 9 aromatic carbocycles. The van der Waals surface area contributed by atoms with E-state index in [-0.39, 0.29) is 0 Å². The molecule has 0 saturated heterocycles. The molecule has 0 N–H and O–H groups in total. The Labute approximate surface area is 365 Å². The summed E-state index contributed by atoms with van der Waals surface area (Å²) in [7, 11) is 0. The highest BCUT2D eigenvalue weighted by molar-refractivity contribution is 9.11. The van der Waals surface area contributed by atoms with Crippen molar-refractivity contribution in [2.24, 2.45) is 0 Å². The second-order valence-electron chi connectivity index (χ2n) is 14.8. The number of rotatable bonds is 8. The summed E-state index contributed by atoms with van der Waals surface area (Å²) in [6.07, 6.45) is 0. The van der Waals surface area contributed by atoms with Crippen molar-refractivity contribution < 1.29 is 0 Å². The maximum Gasteiger partial charge on any atom is 0.0625 e. The van der Waals surface area contributed by atoms with Crippen LogP contribution in [0.4, 0.5) is 34.1 Å². The van der Waals surface area contributed by atoms with Crippen LogP contribution in [0.2, 0.25) is 0 Å². The average molecular weight is 901 g/mol. The van der Waals surface area contributed by atoms with Crippen LogP contribution in [0, 0.1) is 0 Å². The monoisotopic (exact) mass is 898 g/mol. The van der Waals surface area contributed by atoms with E-state index >= 15 is 0 Å². The van der Waals surface area contributed by atoms with E-state index in [0.29, 0.717) is 0 Å².